The number of amides is 1. The van der Waals surface area contributed by atoms with E-state index >= 15 is 0 Å². The molecule has 0 aliphatic carbocycles. The van der Waals surface area contributed by atoms with E-state index in [1.54, 1.807) is 24.3 Å². The number of nitrogens with one attached hydrogen (secondary N) is 1. The number of halogens is 1. The van der Waals surface area contributed by atoms with Gasteiger partial charge in [0.1, 0.15) is 11.6 Å². The van der Waals surface area contributed by atoms with Gasteiger partial charge in [0.25, 0.3) is 5.91 Å². The number of sulfonamides is 1. The summed E-state index contributed by atoms with van der Waals surface area (Å²) in [5, 5.41) is 2.65. The summed E-state index contributed by atoms with van der Waals surface area (Å²) in [6.07, 6.45) is 0. The zero-order chi connectivity index (χ0) is 22.6. The second kappa shape index (κ2) is 9.47. The van der Waals surface area contributed by atoms with Crippen LogP contribution in [0.5, 0.6) is 11.5 Å². The van der Waals surface area contributed by atoms with E-state index in [0.29, 0.717) is 19.0 Å². The number of rotatable bonds is 6. The van der Waals surface area contributed by atoms with Crippen LogP contribution in [0, 0.1) is 5.82 Å². The molecule has 1 fully saturated rings. The van der Waals surface area contributed by atoms with Crippen molar-refractivity contribution in [1.29, 1.82) is 0 Å². The maximum Gasteiger partial charge on any atom is 0.255 e. The van der Waals surface area contributed by atoms with Crippen LogP contribution in [0.3, 0.4) is 0 Å². The Hall–Kier alpha value is -3.27. The molecule has 1 aliphatic rings. The molecular formula is C23H21FN2O5S. The van der Waals surface area contributed by atoms with Crippen LogP contribution in [0.2, 0.25) is 0 Å². The molecule has 3 aromatic rings. The number of benzene rings is 3. The van der Waals surface area contributed by atoms with Gasteiger partial charge in [0.15, 0.2) is 5.75 Å². The summed E-state index contributed by atoms with van der Waals surface area (Å²) in [5.74, 6) is -0.384. The molecule has 4 rings (SSSR count). The number of morpholine rings is 1. The standard InChI is InChI=1S/C23H21FN2O5S/c24-18-6-4-5-17(15-18)23(27)25-21-16-20(32(28,29)26-11-13-30-14-12-26)9-10-22(21)31-19-7-2-1-3-8-19/h1-10,15-16H,11-14H2,(H,25,27). The van der Waals surface area contributed by atoms with E-state index in [1.165, 1.54) is 40.7 Å². The van der Waals surface area contributed by atoms with Crippen LogP contribution in [-0.2, 0) is 14.8 Å². The molecule has 1 saturated heterocycles. The largest absolute Gasteiger partial charge is 0.455 e. The molecule has 7 nitrogen and oxygen atoms in total. The smallest absolute Gasteiger partial charge is 0.255 e. The molecule has 166 valence electrons. The van der Waals surface area contributed by atoms with Crippen molar-refractivity contribution in [2.75, 3.05) is 31.6 Å². The van der Waals surface area contributed by atoms with Crippen molar-refractivity contribution in [3.63, 3.8) is 0 Å². The first kappa shape index (κ1) is 21.9. The molecule has 0 saturated carbocycles. The van der Waals surface area contributed by atoms with Crippen molar-refractivity contribution < 1.29 is 27.1 Å². The molecule has 9 heteroatoms. The summed E-state index contributed by atoms with van der Waals surface area (Å²) < 4.78 is 52.2. The van der Waals surface area contributed by atoms with Crippen molar-refractivity contribution in [2.24, 2.45) is 0 Å². The molecule has 1 N–H and O–H groups in total. The lowest BCUT2D eigenvalue weighted by molar-refractivity contribution is 0.0730. The fraction of sp³-hybridized carbons (Fsp3) is 0.174. The van der Waals surface area contributed by atoms with E-state index < -0.39 is 21.7 Å². The third-order valence-corrected chi connectivity index (χ3v) is 6.76. The zero-order valence-electron chi connectivity index (χ0n) is 17.0. The molecule has 1 aliphatic heterocycles. The van der Waals surface area contributed by atoms with Gasteiger partial charge in [-0.05, 0) is 48.5 Å². The highest BCUT2D eigenvalue weighted by Crippen LogP contribution is 2.33. The maximum absolute atomic E-state index is 13.6. The van der Waals surface area contributed by atoms with Crippen LogP contribution in [0.25, 0.3) is 0 Å². The Morgan fingerprint density at radius 3 is 2.44 bits per heavy atom. The SMILES string of the molecule is O=C(Nc1cc(S(=O)(=O)N2CCOCC2)ccc1Oc1ccccc1)c1cccc(F)c1. The number of para-hydroxylation sites is 1. The first-order valence-electron chi connectivity index (χ1n) is 9.95. The van der Waals surface area contributed by atoms with Gasteiger partial charge in [0.2, 0.25) is 10.0 Å². The fourth-order valence-corrected chi connectivity index (χ4v) is 4.67. The van der Waals surface area contributed by atoms with Gasteiger partial charge in [-0.3, -0.25) is 4.79 Å². The van der Waals surface area contributed by atoms with E-state index in [0.717, 1.165) is 6.07 Å². The van der Waals surface area contributed by atoms with E-state index in [1.807, 2.05) is 6.07 Å². The van der Waals surface area contributed by atoms with Crippen LogP contribution < -0.4 is 10.1 Å². The molecule has 1 amide bonds. The average molecular weight is 456 g/mol. The lowest BCUT2D eigenvalue weighted by Gasteiger charge is -2.26. The number of nitrogens with zero attached hydrogens (tertiary/aromatic N) is 1. The van der Waals surface area contributed by atoms with Crippen molar-refractivity contribution in [3.05, 3.63) is 84.2 Å². The number of carbonyl (C=O) groups excluding carboxylic acids is 1. The van der Waals surface area contributed by atoms with Gasteiger partial charge >= 0.3 is 0 Å². The van der Waals surface area contributed by atoms with Gasteiger partial charge in [0, 0.05) is 18.7 Å². The number of ether oxygens (including phenoxy) is 2. The lowest BCUT2D eigenvalue weighted by atomic mass is 10.2. The molecule has 0 spiro atoms. The summed E-state index contributed by atoms with van der Waals surface area (Å²) in [6.45, 7) is 1.13. The normalized spacial score (nSPS) is 14.7. The first-order chi connectivity index (χ1) is 15.4. The highest BCUT2D eigenvalue weighted by Gasteiger charge is 2.27. The third-order valence-electron chi connectivity index (χ3n) is 4.86. The molecule has 0 aromatic heterocycles. The molecule has 32 heavy (non-hydrogen) atoms. The summed E-state index contributed by atoms with van der Waals surface area (Å²) >= 11 is 0. The topological polar surface area (TPSA) is 84.9 Å². The van der Waals surface area contributed by atoms with Gasteiger partial charge in [0.05, 0.1) is 23.8 Å². The Kier molecular flexibility index (Phi) is 6.50. The predicted molar refractivity (Wildman–Crippen MR) is 117 cm³/mol. The van der Waals surface area contributed by atoms with E-state index in [-0.39, 0.29) is 35.0 Å². The van der Waals surface area contributed by atoms with Crippen molar-refractivity contribution in [1.82, 2.24) is 4.31 Å². The van der Waals surface area contributed by atoms with Gasteiger partial charge in [-0.15, -0.1) is 0 Å². The highest BCUT2D eigenvalue weighted by molar-refractivity contribution is 7.89. The Morgan fingerprint density at radius 1 is 0.969 bits per heavy atom. The van der Waals surface area contributed by atoms with E-state index in [9.17, 15) is 17.6 Å². The Morgan fingerprint density at radius 2 is 1.72 bits per heavy atom. The number of hydrogen-bond acceptors (Lipinski definition) is 5. The van der Waals surface area contributed by atoms with Gasteiger partial charge < -0.3 is 14.8 Å². The minimum Gasteiger partial charge on any atom is -0.455 e. The van der Waals surface area contributed by atoms with E-state index in [4.69, 9.17) is 9.47 Å². The Balaban J connectivity index is 1.69. The van der Waals surface area contributed by atoms with Gasteiger partial charge in [-0.1, -0.05) is 24.3 Å². The van der Waals surface area contributed by atoms with Gasteiger partial charge in [-0.2, -0.15) is 4.31 Å². The van der Waals surface area contributed by atoms with Crippen LogP contribution >= 0.6 is 0 Å². The lowest BCUT2D eigenvalue weighted by Crippen LogP contribution is -2.40. The van der Waals surface area contributed by atoms with Crippen molar-refractivity contribution in [3.8, 4) is 11.5 Å². The van der Waals surface area contributed by atoms with Crippen molar-refractivity contribution in [2.45, 2.75) is 4.90 Å². The molecule has 0 radical (unpaired) electrons. The fourth-order valence-electron chi connectivity index (χ4n) is 3.23. The molecular weight excluding hydrogens is 435 g/mol. The summed E-state index contributed by atoms with van der Waals surface area (Å²) in [4.78, 5) is 12.7. The summed E-state index contributed by atoms with van der Waals surface area (Å²) in [5.41, 5.74) is 0.245. The number of carbonyl (C=O) groups is 1. The maximum atomic E-state index is 13.6. The minimum atomic E-state index is -3.79. The zero-order valence-corrected chi connectivity index (χ0v) is 17.8. The quantitative estimate of drug-likeness (QED) is 0.608. The Bertz CT molecular complexity index is 1210. The molecule has 0 atom stereocenters. The summed E-state index contributed by atoms with van der Waals surface area (Å²) in [6, 6.07) is 18.4. The second-order valence-corrected chi connectivity index (χ2v) is 8.99. The third kappa shape index (κ3) is 4.96. The molecule has 0 unspecified atom stereocenters. The van der Waals surface area contributed by atoms with Crippen LogP contribution in [0.15, 0.2) is 77.7 Å². The summed E-state index contributed by atoms with van der Waals surface area (Å²) in [7, 11) is -3.79. The number of hydrogen-bond donors (Lipinski definition) is 1. The van der Waals surface area contributed by atoms with E-state index in [2.05, 4.69) is 5.32 Å². The minimum absolute atomic E-state index is 0.00866. The average Bonchev–Trinajstić information content (AvgIpc) is 2.81. The van der Waals surface area contributed by atoms with Crippen LogP contribution in [0.4, 0.5) is 10.1 Å². The Labute approximate surface area is 185 Å². The highest BCUT2D eigenvalue weighted by atomic mass is 32.2. The molecule has 1 heterocycles. The molecule has 0 bridgehead atoms. The first-order valence-corrected chi connectivity index (χ1v) is 11.4. The monoisotopic (exact) mass is 456 g/mol. The van der Waals surface area contributed by atoms with Crippen LogP contribution in [0.1, 0.15) is 10.4 Å². The number of anilines is 1. The predicted octanol–water partition coefficient (Wildman–Crippen LogP) is 3.89. The second-order valence-electron chi connectivity index (χ2n) is 7.05. The van der Waals surface area contributed by atoms with Crippen LogP contribution in [-0.4, -0.2) is 44.9 Å². The van der Waals surface area contributed by atoms with Gasteiger partial charge in [-0.25, -0.2) is 12.8 Å². The molecule has 3 aromatic carbocycles. The van der Waals surface area contributed by atoms with Crippen molar-refractivity contribution >= 4 is 21.6 Å².